The van der Waals surface area contributed by atoms with Crippen molar-refractivity contribution in [2.45, 2.75) is 20.4 Å². The van der Waals surface area contributed by atoms with Crippen molar-refractivity contribution >= 4 is 5.97 Å². The molecule has 0 radical (unpaired) electrons. The fraction of sp³-hybridized carbons (Fsp3) is 0.267. The molecule has 0 spiro atoms. The van der Waals surface area contributed by atoms with Gasteiger partial charge in [-0.2, -0.15) is 0 Å². The summed E-state index contributed by atoms with van der Waals surface area (Å²) < 4.78 is 6.97. The Kier molecular flexibility index (Phi) is 4.37. The van der Waals surface area contributed by atoms with E-state index in [0.29, 0.717) is 18.2 Å². The molecule has 0 saturated heterocycles. The van der Waals surface area contributed by atoms with Crippen molar-refractivity contribution in [3.05, 3.63) is 52.6 Å². The van der Waals surface area contributed by atoms with Gasteiger partial charge in [0.1, 0.15) is 5.75 Å². The summed E-state index contributed by atoms with van der Waals surface area (Å²) in [6.45, 7) is 4.60. The monoisotopic (exact) mass is 288 g/mol. The number of carboxylic acids is 1. The van der Waals surface area contributed by atoms with E-state index in [1.807, 2.05) is 13.8 Å². The van der Waals surface area contributed by atoms with E-state index in [2.05, 4.69) is 4.98 Å². The smallest absolute Gasteiger partial charge is 0.335 e. The van der Waals surface area contributed by atoms with Crippen molar-refractivity contribution in [1.82, 2.24) is 9.55 Å². The molecule has 2 aromatic rings. The highest BCUT2D eigenvalue weighted by Gasteiger charge is 2.09. The largest absolute Gasteiger partial charge is 0.478 e. The Balaban J connectivity index is 2.23. The van der Waals surface area contributed by atoms with Crippen LogP contribution in [-0.4, -0.2) is 20.6 Å². The molecule has 6 nitrogen and oxygen atoms in total. The number of aromatic nitrogens is 2. The van der Waals surface area contributed by atoms with Crippen LogP contribution in [0.25, 0.3) is 0 Å². The predicted octanol–water partition coefficient (Wildman–Crippen LogP) is 2.39. The van der Waals surface area contributed by atoms with Crippen LogP contribution >= 0.6 is 0 Å². The number of carbonyl (C=O) groups is 1. The fourth-order valence-corrected chi connectivity index (χ4v) is 1.81. The average Bonchev–Trinajstić information content (AvgIpc) is 2.43. The zero-order chi connectivity index (χ0) is 15.4. The van der Waals surface area contributed by atoms with Crippen LogP contribution in [0, 0.1) is 5.92 Å². The number of hydrogen-bond donors (Lipinski definition) is 1. The van der Waals surface area contributed by atoms with E-state index in [4.69, 9.17) is 9.84 Å². The minimum atomic E-state index is -1.02. The Hall–Kier alpha value is -2.63. The predicted molar refractivity (Wildman–Crippen MR) is 76.8 cm³/mol. The third-order valence-corrected chi connectivity index (χ3v) is 2.76. The molecule has 0 aliphatic heterocycles. The number of hydrogen-bond acceptors (Lipinski definition) is 4. The Morgan fingerprint density at radius 3 is 2.57 bits per heavy atom. The third kappa shape index (κ3) is 3.68. The van der Waals surface area contributed by atoms with Crippen molar-refractivity contribution < 1.29 is 14.6 Å². The van der Waals surface area contributed by atoms with E-state index in [1.165, 1.54) is 30.5 Å². The van der Waals surface area contributed by atoms with Crippen molar-refractivity contribution in [3.63, 3.8) is 0 Å². The Morgan fingerprint density at radius 1 is 1.33 bits per heavy atom. The molecule has 1 N–H and O–H groups in total. The molecule has 0 atom stereocenters. The van der Waals surface area contributed by atoms with Gasteiger partial charge in [-0.25, -0.2) is 9.78 Å². The van der Waals surface area contributed by atoms with Crippen LogP contribution in [0.5, 0.6) is 11.6 Å². The molecule has 110 valence electrons. The van der Waals surface area contributed by atoms with Gasteiger partial charge in [0.25, 0.3) is 5.88 Å². The van der Waals surface area contributed by atoms with Gasteiger partial charge in [-0.3, -0.25) is 4.79 Å². The molecule has 1 aromatic heterocycles. The minimum absolute atomic E-state index is 0.0266. The molecule has 6 heteroatoms. The molecule has 0 unspecified atom stereocenters. The molecule has 0 saturated carbocycles. The van der Waals surface area contributed by atoms with Crippen LogP contribution in [-0.2, 0) is 6.54 Å². The highest BCUT2D eigenvalue weighted by atomic mass is 16.5. The highest BCUT2D eigenvalue weighted by molar-refractivity contribution is 5.87. The summed E-state index contributed by atoms with van der Waals surface area (Å²) in [5.41, 5.74) is -0.158. The van der Waals surface area contributed by atoms with Crippen LogP contribution in [0.15, 0.2) is 41.5 Å². The second kappa shape index (κ2) is 6.21. The summed E-state index contributed by atoms with van der Waals surface area (Å²) >= 11 is 0. The van der Waals surface area contributed by atoms with Crippen LogP contribution in [0.1, 0.15) is 24.2 Å². The van der Waals surface area contributed by atoms with Crippen LogP contribution in [0.2, 0.25) is 0 Å². The first-order valence-electron chi connectivity index (χ1n) is 6.54. The van der Waals surface area contributed by atoms with Gasteiger partial charge in [0.15, 0.2) is 0 Å². The molecule has 21 heavy (non-hydrogen) atoms. The Labute approximate surface area is 121 Å². The van der Waals surface area contributed by atoms with Crippen molar-refractivity contribution in [3.8, 4) is 11.6 Å². The second-order valence-electron chi connectivity index (χ2n) is 5.02. The van der Waals surface area contributed by atoms with Crippen LogP contribution in [0.3, 0.4) is 0 Å². The normalized spacial score (nSPS) is 10.6. The number of benzene rings is 1. The van der Waals surface area contributed by atoms with Crippen molar-refractivity contribution in [1.29, 1.82) is 0 Å². The van der Waals surface area contributed by atoms with Gasteiger partial charge in [0.05, 0.1) is 5.56 Å². The van der Waals surface area contributed by atoms with Gasteiger partial charge >= 0.3 is 11.5 Å². The minimum Gasteiger partial charge on any atom is -0.478 e. The van der Waals surface area contributed by atoms with Gasteiger partial charge in [-0.15, -0.1) is 0 Å². The van der Waals surface area contributed by atoms with Crippen LogP contribution in [0.4, 0.5) is 0 Å². The quantitative estimate of drug-likeness (QED) is 0.913. The topological polar surface area (TPSA) is 81.4 Å². The lowest BCUT2D eigenvalue weighted by molar-refractivity contribution is 0.0697. The zero-order valence-electron chi connectivity index (χ0n) is 11.8. The van der Waals surface area contributed by atoms with E-state index < -0.39 is 5.97 Å². The number of rotatable bonds is 5. The SMILES string of the molecule is CC(C)Cn1ccnc(Oc2ccc(C(=O)O)cc2)c1=O. The number of nitrogens with zero attached hydrogens (tertiary/aromatic N) is 2. The molecule has 0 aliphatic carbocycles. The molecule has 1 heterocycles. The summed E-state index contributed by atoms with van der Waals surface area (Å²) in [5, 5.41) is 8.82. The van der Waals surface area contributed by atoms with Gasteiger partial charge in [-0.05, 0) is 30.2 Å². The van der Waals surface area contributed by atoms with E-state index in [9.17, 15) is 9.59 Å². The first-order valence-corrected chi connectivity index (χ1v) is 6.54. The molecule has 0 bridgehead atoms. The zero-order valence-corrected chi connectivity index (χ0v) is 11.8. The van der Waals surface area contributed by atoms with Gasteiger partial charge in [-0.1, -0.05) is 13.8 Å². The van der Waals surface area contributed by atoms with E-state index >= 15 is 0 Å². The molecule has 0 aliphatic rings. The fourth-order valence-electron chi connectivity index (χ4n) is 1.81. The number of ether oxygens (including phenoxy) is 1. The Bertz CT molecular complexity index is 690. The van der Waals surface area contributed by atoms with Gasteiger partial charge < -0.3 is 14.4 Å². The summed E-state index contributed by atoms with van der Waals surface area (Å²) in [6.07, 6.45) is 3.12. The average molecular weight is 288 g/mol. The lowest BCUT2D eigenvalue weighted by atomic mass is 10.2. The number of carboxylic acid groups (broad SMARTS) is 1. The summed E-state index contributed by atoms with van der Waals surface area (Å²) in [6, 6.07) is 5.80. The third-order valence-electron chi connectivity index (χ3n) is 2.76. The first kappa shape index (κ1) is 14.8. The summed E-state index contributed by atoms with van der Waals surface area (Å²) in [5.74, 6) is -0.348. The Morgan fingerprint density at radius 2 is 2.00 bits per heavy atom. The maximum atomic E-state index is 12.2. The van der Waals surface area contributed by atoms with Gasteiger partial charge in [0.2, 0.25) is 0 Å². The molecule has 1 aromatic carbocycles. The lowest BCUT2D eigenvalue weighted by Crippen LogP contribution is -2.23. The maximum Gasteiger partial charge on any atom is 0.335 e. The van der Waals surface area contributed by atoms with Crippen molar-refractivity contribution in [2.24, 2.45) is 5.92 Å². The van der Waals surface area contributed by atoms with E-state index in [-0.39, 0.29) is 17.0 Å². The molecule has 0 amide bonds. The van der Waals surface area contributed by atoms with E-state index in [1.54, 1.807) is 10.8 Å². The highest BCUT2D eigenvalue weighted by Crippen LogP contribution is 2.17. The van der Waals surface area contributed by atoms with Crippen molar-refractivity contribution in [2.75, 3.05) is 0 Å². The maximum absolute atomic E-state index is 12.2. The first-order chi connectivity index (χ1) is 9.97. The molecular formula is C15H16N2O4. The summed E-state index contributed by atoms with van der Waals surface area (Å²) in [7, 11) is 0. The standard InChI is InChI=1S/C15H16N2O4/c1-10(2)9-17-8-7-16-13(14(17)18)21-12-5-3-11(4-6-12)15(19)20/h3-8,10H,9H2,1-2H3,(H,19,20). The van der Waals surface area contributed by atoms with Gasteiger partial charge in [0, 0.05) is 18.9 Å². The number of aromatic carboxylic acids is 1. The summed E-state index contributed by atoms with van der Waals surface area (Å²) in [4.78, 5) is 26.9. The van der Waals surface area contributed by atoms with E-state index in [0.717, 1.165) is 0 Å². The lowest BCUT2D eigenvalue weighted by Gasteiger charge is -2.10. The van der Waals surface area contributed by atoms with Crippen LogP contribution < -0.4 is 10.3 Å². The molecule has 0 fully saturated rings. The molecular weight excluding hydrogens is 272 g/mol. The molecule has 2 rings (SSSR count). The second-order valence-corrected chi connectivity index (χ2v) is 5.02.